The molecule has 0 saturated carbocycles. The third-order valence-electron chi connectivity index (χ3n) is 3.81. The van der Waals surface area contributed by atoms with Gasteiger partial charge in [-0.1, -0.05) is 18.2 Å². The molecule has 0 unspecified atom stereocenters. The van der Waals surface area contributed by atoms with Crippen molar-refractivity contribution in [3.63, 3.8) is 0 Å². The SMILES string of the molecule is CCOc1ccc(/C=C/C(=O)N(C)CC(=O)Nc2ccccc2Br)cc1OC. The van der Waals surface area contributed by atoms with Crippen LogP contribution >= 0.6 is 15.9 Å². The minimum absolute atomic E-state index is 0.0584. The first-order valence-corrected chi connectivity index (χ1v) is 9.52. The highest BCUT2D eigenvalue weighted by Gasteiger charge is 2.12. The molecule has 0 spiro atoms. The molecule has 28 heavy (non-hydrogen) atoms. The van der Waals surface area contributed by atoms with Crippen molar-refractivity contribution in [1.82, 2.24) is 4.90 Å². The second-order valence-corrected chi connectivity index (χ2v) is 6.75. The fraction of sp³-hybridized carbons (Fsp3) is 0.238. The Morgan fingerprint density at radius 2 is 1.93 bits per heavy atom. The van der Waals surface area contributed by atoms with E-state index in [2.05, 4.69) is 21.2 Å². The Kier molecular flexibility index (Phi) is 8.07. The van der Waals surface area contributed by atoms with E-state index in [1.54, 1.807) is 38.4 Å². The number of hydrogen-bond acceptors (Lipinski definition) is 4. The summed E-state index contributed by atoms with van der Waals surface area (Å²) >= 11 is 3.37. The van der Waals surface area contributed by atoms with Gasteiger partial charge in [-0.05, 0) is 58.8 Å². The molecule has 0 bridgehead atoms. The Morgan fingerprint density at radius 3 is 2.61 bits per heavy atom. The summed E-state index contributed by atoms with van der Waals surface area (Å²) in [7, 11) is 3.14. The van der Waals surface area contributed by atoms with Gasteiger partial charge in [-0.3, -0.25) is 9.59 Å². The Balaban J connectivity index is 1.96. The molecule has 0 saturated heterocycles. The molecule has 0 fully saturated rings. The van der Waals surface area contributed by atoms with Gasteiger partial charge in [0, 0.05) is 17.6 Å². The molecular weight excluding hydrogens is 424 g/mol. The zero-order chi connectivity index (χ0) is 20.5. The summed E-state index contributed by atoms with van der Waals surface area (Å²) in [5.74, 6) is 0.681. The molecule has 7 heteroatoms. The fourth-order valence-corrected chi connectivity index (χ4v) is 2.79. The van der Waals surface area contributed by atoms with Crippen molar-refractivity contribution >= 4 is 39.5 Å². The molecule has 2 aromatic rings. The summed E-state index contributed by atoms with van der Waals surface area (Å²) in [6.45, 7) is 2.38. The highest BCUT2D eigenvalue weighted by Crippen LogP contribution is 2.28. The number of nitrogens with one attached hydrogen (secondary N) is 1. The van der Waals surface area contributed by atoms with Gasteiger partial charge in [0.05, 0.1) is 25.9 Å². The molecule has 0 radical (unpaired) electrons. The van der Waals surface area contributed by atoms with Crippen molar-refractivity contribution in [2.45, 2.75) is 6.92 Å². The summed E-state index contributed by atoms with van der Waals surface area (Å²) in [6, 6.07) is 12.7. The summed E-state index contributed by atoms with van der Waals surface area (Å²) < 4.78 is 11.6. The third-order valence-corrected chi connectivity index (χ3v) is 4.50. The van der Waals surface area contributed by atoms with Gasteiger partial charge >= 0.3 is 0 Å². The average molecular weight is 447 g/mol. The molecule has 0 aliphatic rings. The van der Waals surface area contributed by atoms with Crippen molar-refractivity contribution in [2.24, 2.45) is 0 Å². The van der Waals surface area contributed by atoms with Gasteiger partial charge < -0.3 is 19.7 Å². The van der Waals surface area contributed by atoms with Crippen LogP contribution in [0.2, 0.25) is 0 Å². The van der Waals surface area contributed by atoms with Gasteiger partial charge in [-0.15, -0.1) is 0 Å². The van der Waals surface area contributed by atoms with E-state index in [1.807, 2.05) is 31.2 Å². The molecule has 0 heterocycles. The summed E-state index contributed by atoms with van der Waals surface area (Å²) in [5, 5.41) is 2.77. The predicted molar refractivity (Wildman–Crippen MR) is 114 cm³/mol. The average Bonchev–Trinajstić information content (AvgIpc) is 2.68. The van der Waals surface area contributed by atoms with Crippen molar-refractivity contribution in [3.05, 3.63) is 58.6 Å². The van der Waals surface area contributed by atoms with Gasteiger partial charge in [0.1, 0.15) is 0 Å². The second-order valence-electron chi connectivity index (χ2n) is 5.90. The molecule has 2 amide bonds. The van der Waals surface area contributed by atoms with Crippen molar-refractivity contribution in [2.75, 3.05) is 32.6 Å². The summed E-state index contributed by atoms with van der Waals surface area (Å²) in [6.07, 6.45) is 3.09. The van der Waals surface area contributed by atoms with Crippen LogP contribution in [-0.4, -0.2) is 44.0 Å². The van der Waals surface area contributed by atoms with Crippen LogP contribution < -0.4 is 14.8 Å². The molecule has 0 atom stereocenters. The molecular formula is C21H23BrN2O4. The quantitative estimate of drug-likeness (QED) is 0.622. The lowest BCUT2D eigenvalue weighted by molar-refractivity contribution is -0.129. The molecule has 2 rings (SSSR count). The Morgan fingerprint density at radius 1 is 1.18 bits per heavy atom. The topological polar surface area (TPSA) is 67.9 Å². The third kappa shape index (κ3) is 6.13. The number of hydrogen-bond donors (Lipinski definition) is 1. The number of ether oxygens (including phenoxy) is 2. The van der Waals surface area contributed by atoms with E-state index in [4.69, 9.17) is 9.47 Å². The highest BCUT2D eigenvalue weighted by atomic mass is 79.9. The van der Waals surface area contributed by atoms with Crippen LogP contribution in [0.25, 0.3) is 6.08 Å². The number of carbonyl (C=O) groups is 2. The minimum atomic E-state index is -0.282. The number of rotatable bonds is 8. The van der Waals surface area contributed by atoms with Gasteiger partial charge in [0.2, 0.25) is 11.8 Å². The van der Waals surface area contributed by atoms with E-state index in [0.717, 1.165) is 10.0 Å². The van der Waals surface area contributed by atoms with E-state index in [0.29, 0.717) is 23.8 Å². The maximum absolute atomic E-state index is 12.3. The molecule has 0 aromatic heterocycles. The normalized spacial score (nSPS) is 10.6. The van der Waals surface area contributed by atoms with Crippen LogP contribution in [0.3, 0.4) is 0 Å². The smallest absolute Gasteiger partial charge is 0.246 e. The molecule has 6 nitrogen and oxygen atoms in total. The van der Waals surface area contributed by atoms with Crippen LogP contribution in [0.15, 0.2) is 53.0 Å². The van der Waals surface area contributed by atoms with Crippen LogP contribution in [-0.2, 0) is 9.59 Å². The van der Waals surface area contributed by atoms with Gasteiger partial charge in [-0.2, -0.15) is 0 Å². The highest BCUT2D eigenvalue weighted by molar-refractivity contribution is 9.10. The van der Waals surface area contributed by atoms with Gasteiger partial charge in [0.25, 0.3) is 0 Å². The molecule has 148 valence electrons. The van der Waals surface area contributed by atoms with Crippen LogP contribution in [0.4, 0.5) is 5.69 Å². The van der Waals surface area contributed by atoms with Gasteiger partial charge in [0.15, 0.2) is 11.5 Å². The van der Waals surface area contributed by atoms with Gasteiger partial charge in [-0.25, -0.2) is 0 Å². The number of methoxy groups -OCH3 is 1. The van der Waals surface area contributed by atoms with E-state index >= 15 is 0 Å². The first kappa shape index (κ1) is 21.5. The van der Waals surface area contributed by atoms with E-state index in [-0.39, 0.29) is 18.4 Å². The number of amides is 2. The maximum Gasteiger partial charge on any atom is 0.246 e. The maximum atomic E-state index is 12.3. The first-order valence-electron chi connectivity index (χ1n) is 8.73. The first-order chi connectivity index (χ1) is 13.4. The molecule has 2 aromatic carbocycles. The van der Waals surface area contributed by atoms with Crippen molar-refractivity contribution in [1.29, 1.82) is 0 Å². The number of benzene rings is 2. The number of para-hydroxylation sites is 1. The molecule has 0 aliphatic heterocycles. The predicted octanol–water partition coefficient (Wildman–Crippen LogP) is 3.97. The lowest BCUT2D eigenvalue weighted by Crippen LogP contribution is -2.33. The fourth-order valence-electron chi connectivity index (χ4n) is 2.40. The number of halogens is 1. The Hall–Kier alpha value is -2.80. The molecule has 1 N–H and O–H groups in total. The van der Waals surface area contributed by atoms with E-state index in [9.17, 15) is 9.59 Å². The van der Waals surface area contributed by atoms with Crippen molar-refractivity contribution < 1.29 is 19.1 Å². The van der Waals surface area contributed by atoms with Crippen LogP contribution in [0.5, 0.6) is 11.5 Å². The lowest BCUT2D eigenvalue weighted by Gasteiger charge is -2.15. The standard InChI is InChI=1S/C21H23BrN2O4/c1-4-28-18-11-9-15(13-19(18)27-3)10-12-21(26)24(2)14-20(25)23-17-8-6-5-7-16(17)22/h5-13H,4,14H2,1-3H3,(H,23,25)/b12-10+. The minimum Gasteiger partial charge on any atom is -0.493 e. The number of anilines is 1. The second kappa shape index (κ2) is 10.5. The summed E-state index contributed by atoms with van der Waals surface area (Å²) in [5.41, 5.74) is 1.45. The zero-order valence-corrected chi connectivity index (χ0v) is 17.7. The number of likely N-dealkylation sites (N-methyl/N-ethyl adjacent to an activating group) is 1. The van der Waals surface area contributed by atoms with Crippen LogP contribution in [0.1, 0.15) is 12.5 Å². The largest absolute Gasteiger partial charge is 0.493 e. The molecule has 0 aliphatic carbocycles. The number of nitrogens with zero attached hydrogens (tertiary/aromatic N) is 1. The Bertz CT molecular complexity index is 867. The Labute approximate surface area is 173 Å². The lowest BCUT2D eigenvalue weighted by atomic mass is 10.2. The monoisotopic (exact) mass is 446 g/mol. The van der Waals surface area contributed by atoms with Crippen molar-refractivity contribution in [3.8, 4) is 11.5 Å². The zero-order valence-electron chi connectivity index (χ0n) is 16.1. The summed E-state index contributed by atoms with van der Waals surface area (Å²) in [4.78, 5) is 25.8. The van der Waals surface area contributed by atoms with E-state index in [1.165, 1.54) is 11.0 Å². The van der Waals surface area contributed by atoms with E-state index < -0.39 is 0 Å². The number of carbonyl (C=O) groups excluding carboxylic acids is 2. The van der Waals surface area contributed by atoms with Crippen LogP contribution in [0, 0.1) is 0 Å².